The highest BCUT2D eigenvalue weighted by Crippen LogP contribution is 2.24. The van der Waals surface area contributed by atoms with Crippen LogP contribution in [-0.2, 0) is 13.1 Å². The average molecular weight is 467 g/mol. The minimum absolute atomic E-state index is 0.0723. The molecule has 0 saturated carbocycles. The predicted octanol–water partition coefficient (Wildman–Crippen LogP) is 4.31. The summed E-state index contributed by atoms with van der Waals surface area (Å²) in [5.74, 6) is -1.41. The van der Waals surface area contributed by atoms with Crippen LogP contribution in [0.15, 0.2) is 71.2 Å². The van der Waals surface area contributed by atoms with Crippen molar-refractivity contribution in [3.8, 4) is 0 Å². The number of rotatable bonds is 5. The first-order valence-electron chi connectivity index (χ1n) is 9.20. The smallest absolute Gasteiger partial charge is 0.261 e. The number of imide groups is 1. The highest BCUT2D eigenvalue weighted by molar-refractivity contribution is 9.10. The second-order valence-electron chi connectivity index (χ2n) is 6.86. The average Bonchev–Trinajstić information content (AvgIpc) is 2.99. The van der Waals surface area contributed by atoms with E-state index in [0.717, 1.165) is 0 Å². The van der Waals surface area contributed by atoms with Gasteiger partial charge in [0, 0.05) is 16.6 Å². The van der Waals surface area contributed by atoms with Crippen molar-refractivity contribution in [2.45, 2.75) is 13.1 Å². The Morgan fingerprint density at radius 2 is 1.63 bits per heavy atom. The van der Waals surface area contributed by atoms with E-state index in [0.29, 0.717) is 32.3 Å². The lowest BCUT2D eigenvalue weighted by atomic mass is 10.1. The van der Waals surface area contributed by atoms with Crippen LogP contribution in [0.2, 0.25) is 0 Å². The standard InChI is InChI=1S/C23H16BrFN2O3/c24-20-9-8-17(25)11-16(20)12-26-21(28)15-5-3-4-14(10-15)13-27-22(29)18-6-1-2-7-19(18)23(27)30/h1-11H,12-13H2,(H,26,28). The van der Waals surface area contributed by atoms with Crippen LogP contribution in [0.5, 0.6) is 0 Å². The zero-order chi connectivity index (χ0) is 21.3. The molecule has 3 aromatic rings. The predicted molar refractivity (Wildman–Crippen MR) is 112 cm³/mol. The zero-order valence-electron chi connectivity index (χ0n) is 15.7. The van der Waals surface area contributed by atoms with E-state index in [1.54, 1.807) is 54.6 Å². The van der Waals surface area contributed by atoms with Crippen LogP contribution in [0.25, 0.3) is 0 Å². The largest absolute Gasteiger partial charge is 0.348 e. The summed E-state index contributed by atoms with van der Waals surface area (Å²) >= 11 is 3.33. The second-order valence-corrected chi connectivity index (χ2v) is 7.72. The summed E-state index contributed by atoms with van der Waals surface area (Å²) in [6.07, 6.45) is 0. The van der Waals surface area contributed by atoms with E-state index in [1.165, 1.54) is 17.0 Å². The van der Waals surface area contributed by atoms with Gasteiger partial charge in [0.2, 0.25) is 0 Å². The van der Waals surface area contributed by atoms with Crippen LogP contribution in [0, 0.1) is 5.82 Å². The Morgan fingerprint density at radius 3 is 2.33 bits per heavy atom. The first-order chi connectivity index (χ1) is 14.4. The summed E-state index contributed by atoms with van der Waals surface area (Å²) in [6, 6.07) is 17.7. The van der Waals surface area contributed by atoms with Gasteiger partial charge in [-0.3, -0.25) is 19.3 Å². The van der Waals surface area contributed by atoms with Gasteiger partial charge in [0.15, 0.2) is 0 Å². The first kappa shape index (κ1) is 20.0. The molecule has 0 bridgehead atoms. The molecule has 4 rings (SSSR count). The summed E-state index contributed by atoms with van der Waals surface area (Å²) in [7, 11) is 0. The third-order valence-corrected chi connectivity index (χ3v) is 5.63. The van der Waals surface area contributed by atoms with Crippen molar-refractivity contribution in [3.05, 3.63) is 105 Å². The lowest BCUT2D eigenvalue weighted by molar-refractivity contribution is 0.0642. The molecule has 30 heavy (non-hydrogen) atoms. The molecule has 0 unspecified atom stereocenters. The molecule has 3 aromatic carbocycles. The third kappa shape index (κ3) is 3.89. The molecule has 0 radical (unpaired) electrons. The molecule has 0 aromatic heterocycles. The Kier molecular flexibility index (Phi) is 5.46. The third-order valence-electron chi connectivity index (χ3n) is 4.86. The van der Waals surface area contributed by atoms with Crippen molar-refractivity contribution in [1.82, 2.24) is 10.2 Å². The van der Waals surface area contributed by atoms with Crippen LogP contribution in [-0.4, -0.2) is 22.6 Å². The molecule has 1 N–H and O–H groups in total. The van der Waals surface area contributed by atoms with E-state index in [4.69, 9.17) is 0 Å². The van der Waals surface area contributed by atoms with Crippen molar-refractivity contribution < 1.29 is 18.8 Å². The molecule has 150 valence electrons. The lowest BCUT2D eigenvalue weighted by Gasteiger charge is -2.14. The maximum Gasteiger partial charge on any atom is 0.261 e. The van der Waals surface area contributed by atoms with Gasteiger partial charge in [0.25, 0.3) is 17.7 Å². The summed E-state index contributed by atoms with van der Waals surface area (Å²) < 4.78 is 14.1. The number of benzene rings is 3. The number of nitrogens with one attached hydrogen (secondary N) is 1. The summed E-state index contributed by atoms with van der Waals surface area (Å²) in [4.78, 5) is 38.8. The summed E-state index contributed by atoms with van der Waals surface area (Å²) in [5, 5.41) is 2.75. The molecule has 1 aliphatic heterocycles. The highest BCUT2D eigenvalue weighted by Gasteiger charge is 2.34. The summed E-state index contributed by atoms with van der Waals surface area (Å²) in [5.41, 5.74) is 2.43. The minimum Gasteiger partial charge on any atom is -0.348 e. The molecule has 3 amide bonds. The van der Waals surface area contributed by atoms with Crippen LogP contribution in [0.1, 0.15) is 42.2 Å². The molecule has 0 saturated heterocycles. The first-order valence-corrected chi connectivity index (χ1v) is 9.99. The number of halogens is 2. The monoisotopic (exact) mass is 466 g/mol. The van der Waals surface area contributed by atoms with Crippen LogP contribution in [0.3, 0.4) is 0 Å². The van der Waals surface area contributed by atoms with E-state index in [2.05, 4.69) is 21.2 Å². The maximum absolute atomic E-state index is 13.4. The number of carbonyl (C=O) groups is 3. The van der Waals surface area contributed by atoms with Crippen LogP contribution in [0.4, 0.5) is 4.39 Å². The van der Waals surface area contributed by atoms with E-state index in [1.807, 2.05) is 0 Å². The zero-order valence-corrected chi connectivity index (χ0v) is 17.3. The van der Waals surface area contributed by atoms with E-state index >= 15 is 0 Å². The van der Waals surface area contributed by atoms with Gasteiger partial charge in [0.05, 0.1) is 17.7 Å². The molecule has 0 spiro atoms. The molecule has 0 aliphatic carbocycles. The number of hydrogen-bond acceptors (Lipinski definition) is 3. The molecule has 1 heterocycles. The number of carbonyl (C=O) groups excluding carboxylic acids is 3. The molecule has 7 heteroatoms. The van der Waals surface area contributed by atoms with E-state index in [-0.39, 0.29) is 36.6 Å². The Balaban J connectivity index is 1.47. The lowest BCUT2D eigenvalue weighted by Crippen LogP contribution is -2.29. The fourth-order valence-electron chi connectivity index (χ4n) is 3.33. The van der Waals surface area contributed by atoms with Crippen molar-refractivity contribution >= 4 is 33.7 Å². The quantitative estimate of drug-likeness (QED) is 0.569. The molecule has 0 fully saturated rings. The molecular weight excluding hydrogens is 451 g/mol. The Labute approximate surface area is 180 Å². The van der Waals surface area contributed by atoms with Gasteiger partial charge in [-0.1, -0.05) is 40.2 Å². The van der Waals surface area contributed by atoms with Gasteiger partial charge in [-0.2, -0.15) is 0 Å². The Morgan fingerprint density at radius 1 is 0.933 bits per heavy atom. The van der Waals surface area contributed by atoms with Crippen molar-refractivity contribution in [2.24, 2.45) is 0 Å². The van der Waals surface area contributed by atoms with Crippen molar-refractivity contribution in [3.63, 3.8) is 0 Å². The number of fused-ring (bicyclic) bond motifs is 1. The van der Waals surface area contributed by atoms with Gasteiger partial charge in [0.1, 0.15) is 5.82 Å². The summed E-state index contributed by atoms with van der Waals surface area (Å²) in [6.45, 7) is 0.225. The normalized spacial score (nSPS) is 12.8. The number of nitrogens with zero attached hydrogens (tertiary/aromatic N) is 1. The van der Waals surface area contributed by atoms with Crippen molar-refractivity contribution in [1.29, 1.82) is 0 Å². The Bertz CT molecular complexity index is 1140. The van der Waals surface area contributed by atoms with Gasteiger partial charge in [-0.05, 0) is 53.6 Å². The fourth-order valence-corrected chi connectivity index (χ4v) is 3.72. The second kappa shape index (κ2) is 8.20. The molecule has 5 nitrogen and oxygen atoms in total. The number of hydrogen-bond donors (Lipinski definition) is 1. The SMILES string of the molecule is O=C(NCc1cc(F)ccc1Br)c1cccc(CN2C(=O)c3ccccc3C2=O)c1. The van der Waals surface area contributed by atoms with Gasteiger partial charge < -0.3 is 5.32 Å². The Hall–Kier alpha value is -3.32. The van der Waals surface area contributed by atoms with Crippen LogP contribution >= 0.6 is 15.9 Å². The van der Waals surface area contributed by atoms with Crippen molar-refractivity contribution in [2.75, 3.05) is 0 Å². The maximum atomic E-state index is 13.4. The minimum atomic E-state index is -0.384. The number of amides is 3. The van der Waals surface area contributed by atoms with Crippen LogP contribution < -0.4 is 5.32 Å². The van der Waals surface area contributed by atoms with E-state index in [9.17, 15) is 18.8 Å². The fraction of sp³-hybridized carbons (Fsp3) is 0.0870. The molecular formula is C23H16BrFN2O3. The van der Waals surface area contributed by atoms with Gasteiger partial charge in [-0.25, -0.2) is 4.39 Å². The highest BCUT2D eigenvalue weighted by atomic mass is 79.9. The van der Waals surface area contributed by atoms with Gasteiger partial charge >= 0.3 is 0 Å². The molecule has 0 atom stereocenters. The van der Waals surface area contributed by atoms with E-state index < -0.39 is 0 Å². The molecule has 1 aliphatic rings. The topological polar surface area (TPSA) is 66.5 Å². The van der Waals surface area contributed by atoms with Gasteiger partial charge in [-0.15, -0.1) is 0 Å².